The molecule has 1 aliphatic rings. The van der Waals surface area contributed by atoms with Gasteiger partial charge in [0.2, 0.25) is 0 Å². The molecule has 0 radical (unpaired) electrons. The van der Waals surface area contributed by atoms with Gasteiger partial charge >= 0.3 is 0 Å². The van der Waals surface area contributed by atoms with Crippen LogP contribution in [0, 0.1) is 5.92 Å². The van der Waals surface area contributed by atoms with Crippen molar-refractivity contribution >= 4 is 29.0 Å². The van der Waals surface area contributed by atoms with E-state index >= 15 is 0 Å². The molecule has 5 heteroatoms. The molecule has 116 valence electrons. The molecule has 0 aliphatic carbocycles. The van der Waals surface area contributed by atoms with Crippen LogP contribution >= 0.6 is 23.2 Å². The number of Topliss-reactive ketones (excluding diaryl/α,β-unsaturated/α-hetero) is 1. The van der Waals surface area contributed by atoms with Crippen LogP contribution in [0.1, 0.15) is 23.2 Å². The van der Waals surface area contributed by atoms with Gasteiger partial charge in [-0.1, -0.05) is 23.2 Å². The van der Waals surface area contributed by atoms with Crippen LogP contribution in [0.3, 0.4) is 0 Å². The van der Waals surface area contributed by atoms with Gasteiger partial charge in [-0.3, -0.25) is 9.69 Å². The number of nitrogens with zero attached hydrogens (tertiary/aromatic N) is 2. The largest absolute Gasteiger partial charge is 0.309 e. The Morgan fingerprint density at radius 3 is 2.48 bits per heavy atom. The number of rotatable bonds is 5. The van der Waals surface area contributed by atoms with Gasteiger partial charge in [0.05, 0.1) is 16.6 Å². The lowest BCUT2D eigenvalue weighted by molar-refractivity contribution is 0.0886. The number of carbonyl (C=O) groups excluding carboxylic acids is 1. The minimum atomic E-state index is 0.111. The average molecular weight is 329 g/mol. The van der Waals surface area contributed by atoms with Crippen LogP contribution in [0.2, 0.25) is 10.0 Å². The topological polar surface area (TPSA) is 23.6 Å². The van der Waals surface area contributed by atoms with Gasteiger partial charge in [0, 0.05) is 12.1 Å². The standard InChI is InChI=1S/C16H22Cl2N2O/c1-19(2)10-12-5-7-20(8-6-12)11-16(21)13-3-4-14(17)15(18)9-13/h3-4,9,12H,5-8,10-11H2,1-2H3. The Kier molecular flexibility index (Phi) is 6.06. The van der Waals surface area contributed by atoms with Gasteiger partial charge in [-0.05, 0) is 64.1 Å². The van der Waals surface area contributed by atoms with E-state index in [1.54, 1.807) is 18.2 Å². The molecule has 1 aromatic rings. The van der Waals surface area contributed by atoms with Gasteiger partial charge in [-0.25, -0.2) is 0 Å². The molecule has 1 aromatic carbocycles. The summed E-state index contributed by atoms with van der Waals surface area (Å²) in [6, 6.07) is 5.08. The predicted molar refractivity (Wildman–Crippen MR) is 88.5 cm³/mol. The Morgan fingerprint density at radius 2 is 1.90 bits per heavy atom. The van der Waals surface area contributed by atoms with Crippen molar-refractivity contribution in [2.45, 2.75) is 12.8 Å². The van der Waals surface area contributed by atoms with Crippen molar-refractivity contribution in [1.82, 2.24) is 9.80 Å². The summed E-state index contributed by atoms with van der Waals surface area (Å²) >= 11 is 11.8. The van der Waals surface area contributed by atoms with Crippen LogP contribution in [0.5, 0.6) is 0 Å². The van der Waals surface area contributed by atoms with E-state index < -0.39 is 0 Å². The van der Waals surface area contributed by atoms with Crippen LogP contribution in [0.25, 0.3) is 0 Å². The highest BCUT2D eigenvalue weighted by Gasteiger charge is 2.21. The summed E-state index contributed by atoms with van der Waals surface area (Å²) in [6.07, 6.45) is 2.32. The summed E-state index contributed by atoms with van der Waals surface area (Å²) in [7, 11) is 4.22. The summed E-state index contributed by atoms with van der Waals surface area (Å²) in [4.78, 5) is 16.8. The van der Waals surface area contributed by atoms with E-state index in [1.165, 1.54) is 0 Å². The van der Waals surface area contributed by atoms with Crippen LogP contribution in [-0.2, 0) is 0 Å². The van der Waals surface area contributed by atoms with Crippen LogP contribution in [0.4, 0.5) is 0 Å². The van der Waals surface area contributed by atoms with Gasteiger partial charge in [0.1, 0.15) is 0 Å². The molecule has 0 atom stereocenters. The zero-order chi connectivity index (χ0) is 15.4. The minimum Gasteiger partial charge on any atom is -0.309 e. The number of likely N-dealkylation sites (tertiary alicyclic amines) is 1. The molecule has 0 bridgehead atoms. The summed E-state index contributed by atoms with van der Waals surface area (Å²) in [5, 5.41) is 0.921. The highest BCUT2D eigenvalue weighted by atomic mass is 35.5. The number of hydrogen-bond acceptors (Lipinski definition) is 3. The second-order valence-electron chi connectivity index (χ2n) is 6.03. The molecule has 0 unspecified atom stereocenters. The van der Waals surface area contributed by atoms with E-state index in [2.05, 4.69) is 23.9 Å². The van der Waals surface area contributed by atoms with Crippen molar-refractivity contribution in [2.75, 3.05) is 40.3 Å². The number of piperidine rings is 1. The molecule has 1 aliphatic heterocycles. The zero-order valence-electron chi connectivity index (χ0n) is 12.6. The lowest BCUT2D eigenvalue weighted by Crippen LogP contribution is -2.39. The first-order valence-corrected chi connectivity index (χ1v) is 8.06. The molecule has 0 N–H and O–H groups in total. The molecule has 0 amide bonds. The van der Waals surface area contributed by atoms with Gasteiger partial charge in [0.25, 0.3) is 0 Å². The smallest absolute Gasteiger partial charge is 0.176 e. The first-order chi connectivity index (χ1) is 9.95. The molecule has 0 aromatic heterocycles. The van der Waals surface area contributed by atoms with Crippen molar-refractivity contribution in [3.05, 3.63) is 33.8 Å². The first-order valence-electron chi connectivity index (χ1n) is 7.31. The predicted octanol–water partition coefficient (Wildman–Crippen LogP) is 3.45. The third kappa shape index (κ3) is 4.96. The summed E-state index contributed by atoms with van der Waals surface area (Å²) in [5.41, 5.74) is 0.639. The third-order valence-corrected chi connectivity index (χ3v) is 4.68. The average Bonchev–Trinajstić information content (AvgIpc) is 2.43. The molecule has 1 fully saturated rings. The third-order valence-electron chi connectivity index (χ3n) is 3.94. The normalized spacial score (nSPS) is 17.4. The number of ketones is 1. The summed E-state index contributed by atoms with van der Waals surface area (Å²) in [6.45, 7) is 3.58. The molecular weight excluding hydrogens is 307 g/mol. The van der Waals surface area contributed by atoms with Crippen molar-refractivity contribution < 1.29 is 4.79 Å². The Hall–Kier alpha value is -0.610. The van der Waals surface area contributed by atoms with Gasteiger partial charge in [-0.15, -0.1) is 0 Å². The first kappa shape index (κ1) is 16.8. The van der Waals surface area contributed by atoms with Crippen molar-refractivity contribution in [1.29, 1.82) is 0 Å². The van der Waals surface area contributed by atoms with Crippen molar-refractivity contribution in [3.8, 4) is 0 Å². The lowest BCUT2D eigenvalue weighted by Gasteiger charge is -2.32. The van der Waals surface area contributed by atoms with Crippen molar-refractivity contribution in [2.24, 2.45) is 5.92 Å². The SMILES string of the molecule is CN(C)CC1CCN(CC(=O)c2ccc(Cl)c(Cl)c2)CC1. The highest BCUT2D eigenvalue weighted by molar-refractivity contribution is 6.42. The monoisotopic (exact) mass is 328 g/mol. The van der Waals surface area contributed by atoms with E-state index in [0.717, 1.165) is 38.4 Å². The van der Waals surface area contributed by atoms with Crippen LogP contribution < -0.4 is 0 Å². The maximum Gasteiger partial charge on any atom is 0.176 e. The maximum atomic E-state index is 12.3. The second-order valence-corrected chi connectivity index (χ2v) is 6.85. The number of halogens is 2. The molecule has 1 heterocycles. The van der Waals surface area contributed by atoms with Crippen LogP contribution in [-0.4, -0.2) is 55.9 Å². The minimum absolute atomic E-state index is 0.111. The summed E-state index contributed by atoms with van der Waals surface area (Å²) < 4.78 is 0. The second kappa shape index (κ2) is 7.59. The fourth-order valence-corrected chi connectivity index (χ4v) is 3.11. The van der Waals surface area contributed by atoms with E-state index in [1.807, 2.05) is 0 Å². The maximum absolute atomic E-state index is 12.3. The van der Waals surface area contributed by atoms with Gasteiger partial charge in [-0.2, -0.15) is 0 Å². The lowest BCUT2D eigenvalue weighted by atomic mass is 9.96. The van der Waals surface area contributed by atoms with Crippen LogP contribution in [0.15, 0.2) is 18.2 Å². The molecular formula is C16H22Cl2N2O. The number of hydrogen-bond donors (Lipinski definition) is 0. The fraction of sp³-hybridized carbons (Fsp3) is 0.562. The number of benzene rings is 1. The zero-order valence-corrected chi connectivity index (χ0v) is 14.1. The van der Waals surface area contributed by atoms with E-state index in [9.17, 15) is 4.79 Å². The Balaban J connectivity index is 1.85. The highest BCUT2D eigenvalue weighted by Crippen LogP contribution is 2.23. The molecule has 0 saturated carbocycles. The molecule has 2 rings (SSSR count). The van der Waals surface area contributed by atoms with Crippen molar-refractivity contribution in [3.63, 3.8) is 0 Å². The van der Waals surface area contributed by atoms with Gasteiger partial charge < -0.3 is 4.90 Å². The van der Waals surface area contributed by atoms with E-state index in [0.29, 0.717) is 22.2 Å². The quantitative estimate of drug-likeness (QED) is 0.773. The Morgan fingerprint density at radius 1 is 1.24 bits per heavy atom. The molecule has 3 nitrogen and oxygen atoms in total. The number of carbonyl (C=O) groups is 1. The summed E-state index contributed by atoms with van der Waals surface area (Å²) in [5.74, 6) is 0.857. The molecule has 0 spiro atoms. The Bertz CT molecular complexity index is 497. The molecule has 21 heavy (non-hydrogen) atoms. The van der Waals surface area contributed by atoms with E-state index in [4.69, 9.17) is 23.2 Å². The molecule has 1 saturated heterocycles. The fourth-order valence-electron chi connectivity index (χ4n) is 2.81. The Labute approximate surface area is 136 Å². The van der Waals surface area contributed by atoms with E-state index in [-0.39, 0.29) is 5.78 Å². The van der Waals surface area contributed by atoms with Gasteiger partial charge in [0.15, 0.2) is 5.78 Å².